The van der Waals surface area contributed by atoms with Gasteiger partial charge in [-0.2, -0.15) is 0 Å². The molecule has 2 aliphatic rings. The van der Waals surface area contributed by atoms with Gasteiger partial charge in [0.1, 0.15) is 11.4 Å². The summed E-state index contributed by atoms with van der Waals surface area (Å²) < 4.78 is 0.0826. The first-order valence-corrected chi connectivity index (χ1v) is 7.66. The van der Waals surface area contributed by atoms with E-state index in [4.69, 9.17) is 0 Å². The van der Waals surface area contributed by atoms with Gasteiger partial charge in [0.15, 0.2) is 0 Å². The van der Waals surface area contributed by atoms with Crippen LogP contribution in [0.4, 0.5) is 0 Å². The summed E-state index contributed by atoms with van der Waals surface area (Å²) in [5, 5.41) is 2.98. The zero-order valence-corrected chi connectivity index (χ0v) is 12.4. The second kappa shape index (κ2) is 4.81. The minimum absolute atomic E-state index is 0.0505. The van der Waals surface area contributed by atoms with E-state index in [0.29, 0.717) is 6.42 Å². The number of hydrogen-bond donors (Lipinski definition) is 1. The average molecular weight is 290 g/mol. The zero-order chi connectivity index (χ0) is 14.3. The van der Waals surface area contributed by atoms with Crippen molar-refractivity contribution in [3.8, 4) is 0 Å². The first-order valence-electron chi connectivity index (χ1n) is 6.78. The number of carbonyl (C=O) groups excluding carboxylic acids is 2. The van der Waals surface area contributed by atoms with E-state index in [0.717, 1.165) is 12.1 Å². The third-order valence-electron chi connectivity index (χ3n) is 3.66. The van der Waals surface area contributed by atoms with E-state index in [9.17, 15) is 9.59 Å². The topological polar surface area (TPSA) is 49.4 Å². The smallest absolute Gasteiger partial charge is 0.249 e. The zero-order valence-electron chi connectivity index (χ0n) is 11.6. The Morgan fingerprint density at radius 3 is 2.80 bits per heavy atom. The van der Waals surface area contributed by atoms with Gasteiger partial charge in [-0.1, -0.05) is 30.3 Å². The second-order valence-corrected chi connectivity index (χ2v) is 7.77. The minimum Gasteiger partial charge on any atom is -0.341 e. The average Bonchev–Trinajstić information content (AvgIpc) is 2.70. The second-order valence-electron chi connectivity index (χ2n) is 5.94. The van der Waals surface area contributed by atoms with E-state index < -0.39 is 0 Å². The Kier molecular flexibility index (Phi) is 3.24. The fourth-order valence-corrected chi connectivity index (χ4v) is 4.23. The number of carbonyl (C=O) groups is 2. The predicted molar refractivity (Wildman–Crippen MR) is 79.2 cm³/mol. The standard InChI is InChI=1S/C15H18N2O2S/c1-15(2)9-17-13(19)12(14(17)20-15)16-11(18)8-10-6-4-3-5-7-10/h3-7,12,14H,8-9H2,1-2H3,(H,16,18)/t12-,14+/m1/s1. The molecule has 2 amide bonds. The van der Waals surface area contributed by atoms with Crippen molar-refractivity contribution in [2.75, 3.05) is 6.54 Å². The molecule has 0 saturated carbocycles. The van der Waals surface area contributed by atoms with Crippen molar-refractivity contribution in [1.82, 2.24) is 10.2 Å². The van der Waals surface area contributed by atoms with Crippen molar-refractivity contribution in [1.29, 1.82) is 0 Å². The number of rotatable bonds is 3. The molecule has 1 aromatic carbocycles. The summed E-state index contributed by atoms with van der Waals surface area (Å²) in [5.74, 6) is -0.0333. The van der Waals surface area contributed by atoms with E-state index in [1.54, 1.807) is 11.8 Å². The molecule has 20 heavy (non-hydrogen) atoms. The van der Waals surface area contributed by atoms with Crippen LogP contribution in [0.25, 0.3) is 0 Å². The van der Waals surface area contributed by atoms with Gasteiger partial charge in [-0.15, -0.1) is 11.8 Å². The molecule has 2 atom stereocenters. The largest absolute Gasteiger partial charge is 0.341 e. The Balaban J connectivity index is 1.59. The number of thioether (sulfide) groups is 1. The number of β-lactam (4-membered cyclic amide) rings is 1. The summed E-state index contributed by atoms with van der Waals surface area (Å²) in [6.45, 7) is 5.03. The van der Waals surface area contributed by atoms with E-state index >= 15 is 0 Å². The van der Waals surface area contributed by atoms with Crippen molar-refractivity contribution in [2.24, 2.45) is 0 Å². The van der Waals surface area contributed by atoms with Crippen LogP contribution in [-0.4, -0.2) is 39.4 Å². The summed E-state index contributed by atoms with van der Waals surface area (Å²) in [5.41, 5.74) is 0.966. The van der Waals surface area contributed by atoms with Crippen molar-refractivity contribution in [3.05, 3.63) is 35.9 Å². The number of benzene rings is 1. The first kappa shape index (κ1) is 13.5. The lowest BCUT2D eigenvalue weighted by molar-refractivity contribution is -0.147. The van der Waals surface area contributed by atoms with Crippen molar-refractivity contribution in [2.45, 2.75) is 36.4 Å². The Morgan fingerprint density at radius 2 is 2.10 bits per heavy atom. The molecule has 0 unspecified atom stereocenters. The lowest BCUT2D eigenvalue weighted by Gasteiger charge is -2.41. The summed E-state index contributed by atoms with van der Waals surface area (Å²) in [4.78, 5) is 25.9. The molecule has 0 spiro atoms. The fourth-order valence-electron chi connectivity index (χ4n) is 2.74. The summed E-state index contributed by atoms with van der Waals surface area (Å²) in [6.07, 6.45) is 0.325. The molecule has 2 fully saturated rings. The number of nitrogens with zero attached hydrogens (tertiary/aromatic N) is 1. The van der Waals surface area contributed by atoms with E-state index in [1.165, 1.54) is 0 Å². The Bertz CT molecular complexity index is 544. The molecule has 5 heteroatoms. The first-order chi connectivity index (χ1) is 9.46. The predicted octanol–water partition coefficient (Wildman–Crippen LogP) is 1.41. The van der Waals surface area contributed by atoms with Crippen LogP contribution in [0, 0.1) is 0 Å². The van der Waals surface area contributed by atoms with Crippen LogP contribution in [0.1, 0.15) is 19.4 Å². The van der Waals surface area contributed by atoms with Crippen molar-refractivity contribution >= 4 is 23.6 Å². The van der Waals surface area contributed by atoms with Gasteiger partial charge in [-0.05, 0) is 19.4 Å². The van der Waals surface area contributed by atoms with Crippen molar-refractivity contribution < 1.29 is 9.59 Å². The molecule has 106 valence electrons. The van der Waals surface area contributed by atoms with Crippen molar-refractivity contribution in [3.63, 3.8) is 0 Å². The molecule has 2 saturated heterocycles. The van der Waals surface area contributed by atoms with Crippen LogP contribution in [-0.2, 0) is 16.0 Å². The van der Waals surface area contributed by atoms with E-state index in [-0.39, 0.29) is 28.0 Å². The van der Waals surface area contributed by atoms with Gasteiger partial charge in [0.25, 0.3) is 0 Å². The molecule has 1 N–H and O–H groups in total. The van der Waals surface area contributed by atoms with Gasteiger partial charge in [0.05, 0.1) is 6.42 Å². The highest BCUT2D eigenvalue weighted by Gasteiger charge is 2.56. The van der Waals surface area contributed by atoms with E-state index in [1.807, 2.05) is 35.2 Å². The molecule has 0 aromatic heterocycles. The van der Waals surface area contributed by atoms with Gasteiger partial charge >= 0.3 is 0 Å². The molecular formula is C15H18N2O2S. The van der Waals surface area contributed by atoms with Gasteiger partial charge in [-0.3, -0.25) is 9.59 Å². The van der Waals surface area contributed by atoms with Gasteiger partial charge in [0.2, 0.25) is 11.8 Å². The van der Waals surface area contributed by atoms with Gasteiger partial charge < -0.3 is 10.2 Å². The van der Waals surface area contributed by atoms with Crippen LogP contribution in [0.5, 0.6) is 0 Å². The molecule has 0 aliphatic carbocycles. The Hall–Kier alpha value is -1.49. The van der Waals surface area contributed by atoms with Crippen LogP contribution < -0.4 is 5.32 Å². The van der Waals surface area contributed by atoms with Gasteiger partial charge in [0, 0.05) is 11.3 Å². The van der Waals surface area contributed by atoms with Crippen LogP contribution >= 0.6 is 11.8 Å². The number of amides is 2. The van der Waals surface area contributed by atoms with Gasteiger partial charge in [-0.25, -0.2) is 0 Å². The third-order valence-corrected chi connectivity index (χ3v) is 5.19. The molecule has 0 bridgehead atoms. The minimum atomic E-state index is -0.349. The summed E-state index contributed by atoms with van der Waals surface area (Å²) in [7, 11) is 0. The lowest BCUT2D eigenvalue weighted by atomic mass is 10.0. The van der Waals surface area contributed by atoms with E-state index in [2.05, 4.69) is 19.2 Å². The lowest BCUT2D eigenvalue weighted by Crippen LogP contribution is -2.67. The monoisotopic (exact) mass is 290 g/mol. The SMILES string of the molecule is CC1(C)CN2C(=O)[C@@H](NC(=O)Cc3ccccc3)[C@@H]2S1. The molecule has 4 nitrogen and oxygen atoms in total. The third kappa shape index (κ3) is 2.42. The van der Waals surface area contributed by atoms with Crippen LogP contribution in [0.3, 0.4) is 0 Å². The molecule has 2 aliphatic heterocycles. The normalized spacial score (nSPS) is 26.9. The Morgan fingerprint density at radius 1 is 1.40 bits per heavy atom. The maximum absolute atomic E-state index is 12.0. The quantitative estimate of drug-likeness (QED) is 0.856. The highest BCUT2D eigenvalue weighted by Crippen LogP contribution is 2.46. The van der Waals surface area contributed by atoms with Crippen LogP contribution in [0.2, 0.25) is 0 Å². The number of nitrogens with one attached hydrogen (secondary N) is 1. The highest BCUT2D eigenvalue weighted by atomic mass is 32.2. The number of fused-ring (bicyclic) bond motifs is 1. The highest BCUT2D eigenvalue weighted by molar-refractivity contribution is 8.01. The maximum Gasteiger partial charge on any atom is 0.249 e. The fraction of sp³-hybridized carbons (Fsp3) is 0.467. The molecule has 3 rings (SSSR count). The Labute approximate surface area is 122 Å². The summed E-state index contributed by atoms with van der Waals surface area (Å²) in [6, 6.07) is 9.23. The molecule has 2 heterocycles. The maximum atomic E-state index is 12.0. The van der Waals surface area contributed by atoms with Crippen LogP contribution in [0.15, 0.2) is 30.3 Å². The molecular weight excluding hydrogens is 272 g/mol. The number of hydrogen-bond acceptors (Lipinski definition) is 3. The molecule has 1 aromatic rings. The molecule has 0 radical (unpaired) electrons. The summed E-state index contributed by atoms with van der Waals surface area (Å²) >= 11 is 1.77.